The molecule has 1 heterocycles. The van der Waals surface area contributed by atoms with Crippen LogP contribution in [0.5, 0.6) is 0 Å². The topological polar surface area (TPSA) is 309 Å². The molecule has 1 aliphatic rings. The molecule has 1 aliphatic heterocycles. The molecule has 0 spiro atoms. The molecule has 20 heteroatoms. The van der Waals surface area contributed by atoms with Crippen LogP contribution in [-0.4, -0.2) is 131 Å². The number of hydrogen-bond acceptors (Lipinski definition) is 10. The van der Waals surface area contributed by atoms with Crippen molar-refractivity contribution in [1.29, 1.82) is 0 Å². The third-order valence-corrected chi connectivity index (χ3v) is 10.9. The van der Waals surface area contributed by atoms with Crippen LogP contribution in [0.3, 0.4) is 0 Å². The molecule has 1 fully saturated rings. The highest BCUT2D eigenvalue weighted by atomic mass is 16.3. The second-order valence-electron chi connectivity index (χ2n) is 16.0. The predicted molar refractivity (Wildman–Crippen MR) is 231 cm³/mol. The Balaban J connectivity index is 3.33. The predicted octanol–water partition coefficient (Wildman–Crippen LogP) is -0.831. The molecule has 20 nitrogen and oxygen atoms in total. The lowest BCUT2D eigenvalue weighted by Gasteiger charge is -2.32. The van der Waals surface area contributed by atoms with Gasteiger partial charge in [0.2, 0.25) is 47.3 Å². The van der Waals surface area contributed by atoms with Crippen molar-refractivity contribution in [3.05, 3.63) is 0 Å². The molecular weight excluding hydrogens is 791 g/mol. The molecule has 61 heavy (non-hydrogen) atoms. The molecule has 0 aromatic rings. The van der Waals surface area contributed by atoms with Gasteiger partial charge in [0.15, 0.2) is 5.96 Å². The van der Waals surface area contributed by atoms with E-state index in [9.17, 15) is 43.5 Å². The first-order valence-electron chi connectivity index (χ1n) is 21.9. The van der Waals surface area contributed by atoms with Gasteiger partial charge in [-0.3, -0.25) is 43.3 Å². The summed E-state index contributed by atoms with van der Waals surface area (Å²) in [7, 11) is 0. The molecule has 1 rings (SSSR count). The van der Waals surface area contributed by atoms with Crippen molar-refractivity contribution in [2.24, 2.45) is 28.3 Å². The van der Waals surface area contributed by atoms with Gasteiger partial charge in [-0.25, -0.2) is 0 Å². The van der Waals surface area contributed by atoms with Crippen molar-refractivity contribution in [3.63, 3.8) is 0 Å². The molecule has 348 valence electrons. The summed E-state index contributed by atoms with van der Waals surface area (Å²) in [6, 6.07) is -7.68. The number of guanidine groups is 1. The Labute approximate surface area is 361 Å². The Kier molecular flexibility index (Phi) is 24.6. The lowest BCUT2D eigenvalue weighted by molar-refractivity contribution is -0.142. The van der Waals surface area contributed by atoms with E-state index >= 15 is 0 Å². The van der Waals surface area contributed by atoms with E-state index in [1.165, 1.54) is 18.7 Å². The average molecular weight is 866 g/mol. The number of aliphatic hydroxyl groups excluding tert-OH is 1. The number of nitrogens with two attached hydrogens (primary N) is 2. The van der Waals surface area contributed by atoms with Crippen molar-refractivity contribution >= 4 is 53.2 Å². The van der Waals surface area contributed by atoms with Gasteiger partial charge in [-0.05, 0) is 64.2 Å². The van der Waals surface area contributed by atoms with Crippen molar-refractivity contribution in [1.82, 2.24) is 42.1 Å². The second-order valence-corrected chi connectivity index (χ2v) is 16.0. The van der Waals surface area contributed by atoms with E-state index in [0.29, 0.717) is 64.5 Å². The molecule has 0 aromatic heterocycles. The van der Waals surface area contributed by atoms with Crippen molar-refractivity contribution in [2.45, 2.75) is 175 Å². The minimum atomic E-state index is -1.54. The van der Waals surface area contributed by atoms with Crippen molar-refractivity contribution in [3.8, 4) is 0 Å². The zero-order chi connectivity index (χ0) is 46.4. The third kappa shape index (κ3) is 17.9. The van der Waals surface area contributed by atoms with E-state index in [4.69, 9.17) is 11.5 Å². The number of hydrogen-bond donors (Lipinski definition) is 10. The fourth-order valence-electron chi connectivity index (χ4n) is 7.00. The smallest absolute Gasteiger partial charge is 0.245 e. The van der Waals surface area contributed by atoms with Gasteiger partial charge in [0.05, 0.1) is 6.10 Å². The molecule has 0 aromatic carbocycles. The number of likely N-dealkylation sites (N-methyl/N-ethyl adjacent to an activating group) is 1. The number of nitrogens with one attached hydrogen (secondary N) is 7. The Morgan fingerprint density at radius 1 is 0.672 bits per heavy atom. The fourth-order valence-corrected chi connectivity index (χ4v) is 7.00. The number of aliphatic hydroxyl groups is 1. The van der Waals surface area contributed by atoms with Gasteiger partial charge in [-0.15, -0.1) is 0 Å². The van der Waals surface area contributed by atoms with Crippen LogP contribution in [-0.2, 0) is 38.4 Å². The lowest BCUT2D eigenvalue weighted by atomic mass is 9.96. The molecule has 0 saturated carbocycles. The molecule has 1 saturated heterocycles. The van der Waals surface area contributed by atoms with Crippen molar-refractivity contribution < 1.29 is 43.5 Å². The molecule has 1 unspecified atom stereocenters. The van der Waals surface area contributed by atoms with Crippen LogP contribution < -0.4 is 48.7 Å². The molecule has 0 aliphatic carbocycles. The van der Waals surface area contributed by atoms with E-state index in [-0.39, 0.29) is 31.3 Å². The van der Waals surface area contributed by atoms with Gasteiger partial charge < -0.3 is 58.7 Å². The quantitative estimate of drug-likeness (QED) is 0.0276. The van der Waals surface area contributed by atoms with Gasteiger partial charge in [0.25, 0.3) is 0 Å². The monoisotopic (exact) mass is 866 g/mol. The zero-order valence-electron chi connectivity index (χ0n) is 37.7. The Morgan fingerprint density at radius 2 is 1.15 bits per heavy atom. The van der Waals surface area contributed by atoms with E-state index in [2.05, 4.69) is 42.2 Å². The van der Waals surface area contributed by atoms with Crippen LogP contribution in [0.2, 0.25) is 0 Å². The summed E-state index contributed by atoms with van der Waals surface area (Å²) in [5, 5.41) is 29.5. The minimum Gasteiger partial charge on any atom is -0.391 e. The van der Waals surface area contributed by atoms with Gasteiger partial charge >= 0.3 is 0 Å². The largest absolute Gasteiger partial charge is 0.391 e. The van der Waals surface area contributed by atoms with Crippen LogP contribution in [0.25, 0.3) is 0 Å². The van der Waals surface area contributed by atoms with E-state index in [1.54, 1.807) is 27.7 Å². The normalized spacial score (nSPS) is 18.0. The Bertz CT molecular complexity index is 1510. The highest BCUT2D eigenvalue weighted by molar-refractivity contribution is 5.98. The van der Waals surface area contributed by atoms with Crippen LogP contribution >= 0.6 is 0 Å². The average Bonchev–Trinajstić information content (AvgIpc) is 3.70. The summed E-state index contributed by atoms with van der Waals surface area (Å²) in [5.74, 6) is -5.67. The fraction of sp³-hybridized carbons (Fsp3) is 0.780. The first kappa shape index (κ1) is 54.0. The van der Waals surface area contributed by atoms with Crippen LogP contribution in [0, 0.1) is 11.8 Å². The molecule has 0 bridgehead atoms. The van der Waals surface area contributed by atoms with Crippen LogP contribution in [0.15, 0.2) is 4.99 Å². The summed E-state index contributed by atoms with van der Waals surface area (Å²) in [6.07, 6.45) is 2.48. The number of nitrogens with zero attached hydrogens (tertiary/aromatic N) is 2. The maximum Gasteiger partial charge on any atom is 0.245 e. The number of amides is 8. The van der Waals surface area contributed by atoms with E-state index in [1.807, 2.05) is 20.8 Å². The van der Waals surface area contributed by atoms with Crippen molar-refractivity contribution in [2.75, 3.05) is 19.6 Å². The summed E-state index contributed by atoms with van der Waals surface area (Å²) in [6.45, 7) is 16.0. The van der Waals surface area contributed by atoms with E-state index < -0.39 is 102 Å². The zero-order valence-corrected chi connectivity index (χ0v) is 37.7. The summed E-state index contributed by atoms with van der Waals surface area (Å²) in [4.78, 5) is 113. The number of rotatable bonds is 27. The Hall–Kier alpha value is -5.01. The molecule has 0 radical (unpaired) electrons. The highest BCUT2D eigenvalue weighted by Gasteiger charge is 2.40. The number of carbonyl (C=O) groups excluding carboxylic acids is 8. The SMILES string of the molecule is CCC[C@H](NC(C)=O)C(=O)N[C@H](C(=O)N[C@H](C(=O)N[C@@H](CCC)C(=O)N[C@H](C(=O)N[C@@H](CCCN=C(N)N)C(=O)N1CCC[C@H]1C(=O)NCC)[C@@H](C)CC)[C@@H](C)O)C(C)CC. The summed E-state index contributed by atoms with van der Waals surface area (Å²) >= 11 is 0. The number of likely N-dealkylation sites (tertiary alicyclic amines) is 1. The number of aliphatic imine (C=N–C) groups is 1. The molecule has 8 amide bonds. The molecule has 10 atom stereocenters. The first-order chi connectivity index (χ1) is 28.8. The molecular formula is C41H75N11O9. The van der Waals surface area contributed by atoms with Crippen LogP contribution in [0.4, 0.5) is 0 Å². The van der Waals surface area contributed by atoms with Gasteiger partial charge in [-0.1, -0.05) is 67.2 Å². The number of carbonyl (C=O) groups is 8. The maximum absolute atomic E-state index is 14.1. The maximum atomic E-state index is 14.1. The minimum absolute atomic E-state index is 0.127. The van der Waals surface area contributed by atoms with E-state index in [0.717, 1.165) is 0 Å². The Morgan fingerprint density at radius 3 is 1.61 bits per heavy atom. The van der Waals surface area contributed by atoms with Gasteiger partial charge in [0.1, 0.15) is 42.3 Å². The first-order valence-corrected chi connectivity index (χ1v) is 21.9. The highest BCUT2D eigenvalue weighted by Crippen LogP contribution is 2.20. The summed E-state index contributed by atoms with van der Waals surface area (Å²) < 4.78 is 0. The second kappa shape index (κ2) is 27.8. The standard InChI is InChI=1S/C41H75N11O9/c1-10-17-27(46-26(9)54)34(55)50-32(24(7)13-4)38(59)51-33(25(8)53)39(60)47-28(18-11-2)35(56)49-31(23(6)12-3)37(58)48-29(19-15-21-45-41(42)43)40(61)52-22-16-20-30(52)36(57)44-14-5/h23-25,27-33,53H,10-22H2,1-9H3,(H,44,57)(H,46,54)(H,47,60)(H,48,58)(H,49,56)(H,50,55)(H,51,59)(H4,42,43,45)/t23-,24?,25+,27-,28-,29-,30-,31-,32-,33-/m0/s1. The molecule has 12 N–H and O–H groups in total. The summed E-state index contributed by atoms with van der Waals surface area (Å²) in [5.41, 5.74) is 11.0. The third-order valence-electron chi connectivity index (χ3n) is 10.9. The van der Waals surface area contributed by atoms with Gasteiger partial charge in [0, 0.05) is 26.6 Å². The van der Waals surface area contributed by atoms with Gasteiger partial charge in [-0.2, -0.15) is 0 Å². The lowest BCUT2D eigenvalue weighted by Crippen LogP contribution is -2.62. The van der Waals surface area contributed by atoms with Crippen LogP contribution in [0.1, 0.15) is 127 Å².